The summed E-state index contributed by atoms with van der Waals surface area (Å²) in [6, 6.07) is 0. The van der Waals surface area contributed by atoms with Crippen molar-refractivity contribution in [2.24, 2.45) is 0 Å². The smallest absolute Gasteiger partial charge is 0.312 e. The van der Waals surface area contributed by atoms with Crippen LogP contribution in [-0.2, 0) is 9.53 Å². The highest BCUT2D eigenvalue weighted by Crippen LogP contribution is 2.06. The number of esters is 1. The monoisotopic (exact) mass is 191 g/mol. The number of ether oxygens (including phenoxy) is 1. The Morgan fingerprint density at radius 3 is 2.58 bits per heavy atom. The van der Waals surface area contributed by atoms with Crippen molar-refractivity contribution in [3.63, 3.8) is 0 Å². The fourth-order valence-electron chi connectivity index (χ4n) is 0.603. The first-order valence-corrected chi connectivity index (χ1v) is 4.81. The van der Waals surface area contributed by atoms with Crippen molar-refractivity contribution in [1.29, 1.82) is 0 Å². The van der Waals surface area contributed by atoms with E-state index in [1.54, 1.807) is 0 Å². The van der Waals surface area contributed by atoms with E-state index in [0.717, 1.165) is 13.0 Å². The Morgan fingerprint density at radius 1 is 1.58 bits per heavy atom. The van der Waals surface area contributed by atoms with Gasteiger partial charge in [-0.15, -0.1) is 9.24 Å². The number of nitrogens with zero attached hydrogens (tertiary/aromatic N) is 1. The van der Waals surface area contributed by atoms with Crippen LogP contribution in [0.4, 0.5) is 0 Å². The van der Waals surface area contributed by atoms with Crippen molar-refractivity contribution in [3.8, 4) is 0 Å². The normalized spacial score (nSPS) is 13.1. The van der Waals surface area contributed by atoms with Crippen LogP contribution in [-0.4, -0.2) is 43.8 Å². The molecule has 0 spiro atoms. The molecule has 0 radical (unpaired) electrons. The molecule has 0 rings (SSSR count). The summed E-state index contributed by atoms with van der Waals surface area (Å²) in [5, 5.41) is 0. The highest BCUT2D eigenvalue weighted by Gasteiger charge is 2.11. The van der Waals surface area contributed by atoms with E-state index in [1.165, 1.54) is 0 Å². The van der Waals surface area contributed by atoms with Crippen LogP contribution in [0.25, 0.3) is 0 Å². The van der Waals surface area contributed by atoms with E-state index in [1.807, 2.05) is 25.9 Å². The lowest BCUT2D eigenvalue weighted by atomic mass is 10.3. The van der Waals surface area contributed by atoms with Crippen molar-refractivity contribution < 1.29 is 9.53 Å². The van der Waals surface area contributed by atoms with E-state index in [4.69, 9.17) is 4.74 Å². The zero-order valence-corrected chi connectivity index (χ0v) is 9.19. The zero-order valence-electron chi connectivity index (χ0n) is 8.04. The summed E-state index contributed by atoms with van der Waals surface area (Å²) in [6.45, 7) is 3.23. The molecule has 0 fully saturated rings. The number of hydrogen-bond acceptors (Lipinski definition) is 3. The van der Waals surface area contributed by atoms with Crippen molar-refractivity contribution in [1.82, 2.24) is 4.90 Å². The Bertz CT molecular complexity index is 139. The predicted molar refractivity (Wildman–Crippen MR) is 53.3 cm³/mol. The number of carbonyl (C=O) groups excluding carboxylic acids is 1. The fraction of sp³-hybridized carbons (Fsp3) is 0.875. The van der Waals surface area contributed by atoms with Crippen LogP contribution in [0.3, 0.4) is 0 Å². The SMILES string of the molecule is CCC(P)C(=O)OCCN(C)C. The average molecular weight is 191 g/mol. The maximum absolute atomic E-state index is 11.1. The molecule has 2 atom stereocenters. The molecule has 0 aromatic rings. The Hall–Kier alpha value is -0.140. The van der Waals surface area contributed by atoms with E-state index in [2.05, 4.69) is 9.24 Å². The van der Waals surface area contributed by atoms with E-state index in [0.29, 0.717) is 6.61 Å². The standard InChI is InChI=1S/C8H18NO2P/c1-4-7(12)8(10)11-6-5-9(2)3/h7H,4-6,12H2,1-3H3. The summed E-state index contributed by atoms with van der Waals surface area (Å²) in [6.07, 6.45) is 0.811. The third-order valence-electron chi connectivity index (χ3n) is 1.53. The average Bonchev–Trinajstić information content (AvgIpc) is 2.02. The number of rotatable bonds is 5. The molecule has 0 aromatic carbocycles. The fourth-order valence-corrected chi connectivity index (χ4v) is 0.699. The second kappa shape index (κ2) is 6.38. The maximum Gasteiger partial charge on any atom is 0.312 e. The maximum atomic E-state index is 11.1. The van der Waals surface area contributed by atoms with Gasteiger partial charge in [-0.3, -0.25) is 4.79 Å². The van der Waals surface area contributed by atoms with Crippen LogP contribution in [0.2, 0.25) is 0 Å². The Labute approximate surface area is 76.7 Å². The van der Waals surface area contributed by atoms with Gasteiger partial charge >= 0.3 is 5.97 Å². The minimum absolute atomic E-state index is 0.0489. The molecular weight excluding hydrogens is 173 g/mol. The third kappa shape index (κ3) is 5.50. The summed E-state index contributed by atoms with van der Waals surface area (Å²) in [7, 11) is 6.38. The first-order chi connectivity index (χ1) is 5.57. The van der Waals surface area contributed by atoms with Gasteiger partial charge in [0.05, 0.1) is 5.66 Å². The number of likely N-dealkylation sites (N-methyl/N-ethyl adjacent to an activating group) is 1. The number of carbonyl (C=O) groups is 1. The summed E-state index contributed by atoms with van der Waals surface area (Å²) in [5.41, 5.74) is -0.0489. The topological polar surface area (TPSA) is 29.5 Å². The van der Waals surface area contributed by atoms with Gasteiger partial charge in [0.1, 0.15) is 6.61 Å². The van der Waals surface area contributed by atoms with E-state index in [9.17, 15) is 4.79 Å². The molecular formula is C8H18NO2P. The van der Waals surface area contributed by atoms with Gasteiger partial charge in [-0.2, -0.15) is 0 Å². The van der Waals surface area contributed by atoms with Crippen LogP contribution in [0, 0.1) is 0 Å². The molecule has 0 saturated heterocycles. The second-order valence-electron chi connectivity index (χ2n) is 2.99. The van der Waals surface area contributed by atoms with Gasteiger partial charge < -0.3 is 9.64 Å². The van der Waals surface area contributed by atoms with Crippen LogP contribution >= 0.6 is 9.24 Å². The molecule has 2 unspecified atom stereocenters. The minimum Gasteiger partial charge on any atom is -0.464 e. The lowest BCUT2D eigenvalue weighted by Gasteiger charge is -2.12. The van der Waals surface area contributed by atoms with Gasteiger partial charge in [0.2, 0.25) is 0 Å². The first-order valence-electron chi connectivity index (χ1n) is 4.14. The quantitative estimate of drug-likeness (QED) is 0.474. The molecule has 0 saturated carbocycles. The van der Waals surface area contributed by atoms with Crippen LogP contribution in [0.15, 0.2) is 0 Å². The molecule has 0 aliphatic carbocycles. The van der Waals surface area contributed by atoms with E-state index >= 15 is 0 Å². The highest BCUT2D eigenvalue weighted by molar-refractivity contribution is 7.19. The largest absolute Gasteiger partial charge is 0.464 e. The molecule has 0 amide bonds. The molecule has 72 valence electrons. The zero-order chi connectivity index (χ0) is 9.56. The van der Waals surface area contributed by atoms with Crippen molar-refractivity contribution in [3.05, 3.63) is 0 Å². The number of hydrogen-bond donors (Lipinski definition) is 0. The molecule has 0 aliphatic heterocycles. The van der Waals surface area contributed by atoms with Crippen LogP contribution in [0.1, 0.15) is 13.3 Å². The second-order valence-corrected chi connectivity index (χ2v) is 3.79. The molecule has 3 nitrogen and oxygen atoms in total. The lowest BCUT2D eigenvalue weighted by Crippen LogP contribution is -2.23. The summed E-state index contributed by atoms with van der Waals surface area (Å²) in [4.78, 5) is 13.1. The summed E-state index contributed by atoms with van der Waals surface area (Å²) in [5.74, 6) is -0.121. The van der Waals surface area contributed by atoms with Gasteiger partial charge in [-0.1, -0.05) is 6.92 Å². The first kappa shape index (κ1) is 11.9. The van der Waals surface area contributed by atoms with Crippen molar-refractivity contribution >= 4 is 15.2 Å². The Balaban J connectivity index is 3.44. The van der Waals surface area contributed by atoms with E-state index in [-0.39, 0.29) is 11.6 Å². The molecule has 0 bridgehead atoms. The molecule has 4 heteroatoms. The molecule has 0 aliphatic rings. The van der Waals surface area contributed by atoms with Gasteiger partial charge in [0.25, 0.3) is 0 Å². The predicted octanol–water partition coefficient (Wildman–Crippen LogP) is 0.745. The van der Waals surface area contributed by atoms with Gasteiger partial charge in [-0.25, -0.2) is 0 Å². The summed E-state index contributed by atoms with van der Waals surface area (Å²) >= 11 is 0. The highest BCUT2D eigenvalue weighted by atomic mass is 31.0. The lowest BCUT2D eigenvalue weighted by molar-refractivity contribution is -0.143. The van der Waals surface area contributed by atoms with Crippen LogP contribution in [0.5, 0.6) is 0 Å². The Kier molecular flexibility index (Phi) is 6.31. The van der Waals surface area contributed by atoms with Gasteiger partial charge in [0, 0.05) is 6.54 Å². The van der Waals surface area contributed by atoms with Crippen LogP contribution < -0.4 is 0 Å². The minimum atomic E-state index is -0.121. The third-order valence-corrected chi connectivity index (χ3v) is 2.27. The molecule has 0 N–H and O–H groups in total. The molecule has 0 aromatic heterocycles. The van der Waals surface area contributed by atoms with Gasteiger partial charge in [0.15, 0.2) is 0 Å². The van der Waals surface area contributed by atoms with E-state index < -0.39 is 0 Å². The summed E-state index contributed by atoms with van der Waals surface area (Å²) < 4.78 is 5.00. The van der Waals surface area contributed by atoms with Gasteiger partial charge in [-0.05, 0) is 20.5 Å². The Morgan fingerprint density at radius 2 is 2.17 bits per heavy atom. The van der Waals surface area contributed by atoms with Crippen molar-refractivity contribution in [2.75, 3.05) is 27.2 Å². The molecule has 12 heavy (non-hydrogen) atoms. The van der Waals surface area contributed by atoms with Crippen molar-refractivity contribution in [2.45, 2.75) is 19.0 Å². The molecule has 0 heterocycles.